The second-order valence-corrected chi connectivity index (χ2v) is 3.90. The molecule has 13 heavy (non-hydrogen) atoms. The highest BCUT2D eigenvalue weighted by atomic mass is 16.2. The van der Waals surface area contributed by atoms with Crippen molar-refractivity contribution in [3.63, 3.8) is 0 Å². The van der Waals surface area contributed by atoms with Crippen molar-refractivity contribution in [3.8, 4) is 0 Å². The summed E-state index contributed by atoms with van der Waals surface area (Å²) in [6, 6.07) is 0. The Bertz CT molecular complexity index is 237. The van der Waals surface area contributed by atoms with Gasteiger partial charge in [-0.3, -0.25) is 14.4 Å². The lowest BCUT2D eigenvalue weighted by Crippen LogP contribution is -2.33. The fourth-order valence-electron chi connectivity index (χ4n) is 1.74. The summed E-state index contributed by atoms with van der Waals surface area (Å²) >= 11 is 0. The van der Waals surface area contributed by atoms with Crippen LogP contribution in [-0.2, 0) is 14.4 Å². The number of Topliss-reactive ketones (excluding diaryl/α,β-unsaturated/α-hetero) is 3. The van der Waals surface area contributed by atoms with E-state index >= 15 is 0 Å². The van der Waals surface area contributed by atoms with Crippen molar-refractivity contribution >= 4 is 17.3 Å². The van der Waals surface area contributed by atoms with E-state index in [-0.39, 0.29) is 29.7 Å². The Kier molecular flexibility index (Phi) is 2.96. The average molecular weight is 182 g/mol. The fraction of sp³-hybridized carbons (Fsp3) is 0.700. The number of carbonyl (C=O) groups is 3. The lowest BCUT2D eigenvalue weighted by atomic mass is 9.79. The average Bonchev–Trinajstić information content (AvgIpc) is 1.96. The monoisotopic (exact) mass is 182 g/mol. The molecule has 0 aromatic rings. The van der Waals surface area contributed by atoms with Gasteiger partial charge in [0.25, 0.3) is 0 Å². The third-order valence-corrected chi connectivity index (χ3v) is 2.37. The number of hydrogen-bond donors (Lipinski definition) is 0. The minimum Gasteiger partial charge on any atom is -0.300 e. The van der Waals surface area contributed by atoms with Crippen LogP contribution in [0.2, 0.25) is 0 Å². The normalized spacial score (nSPS) is 29.1. The number of rotatable bonds is 2. The van der Waals surface area contributed by atoms with E-state index < -0.39 is 5.92 Å². The molecule has 0 bridgehead atoms. The van der Waals surface area contributed by atoms with Gasteiger partial charge >= 0.3 is 0 Å². The maximum absolute atomic E-state index is 11.4. The fourth-order valence-corrected chi connectivity index (χ4v) is 1.74. The lowest BCUT2D eigenvalue weighted by Gasteiger charge is -2.22. The van der Waals surface area contributed by atoms with Crippen LogP contribution in [0.15, 0.2) is 0 Å². The molecule has 0 atom stereocenters. The quantitative estimate of drug-likeness (QED) is 0.602. The van der Waals surface area contributed by atoms with Crippen molar-refractivity contribution in [2.75, 3.05) is 0 Å². The van der Waals surface area contributed by atoms with Crippen LogP contribution < -0.4 is 0 Å². The molecule has 1 saturated carbocycles. The minimum atomic E-state index is -0.631. The molecule has 0 heterocycles. The van der Waals surface area contributed by atoms with Crippen LogP contribution in [0, 0.1) is 11.8 Å². The Morgan fingerprint density at radius 2 is 1.77 bits per heavy atom. The molecule has 72 valence electrons. The lowest BCUT2D eigenvalue weighted by molar-refractivity contribution is -0.139. The number of hydrogen-bond acceptors (Lipinski definition) is 3. The first-order valence-electron chi connectivity index (χ1n) is 4.55. The largest absolute Gasteiger partial charge is 0.300 e. The van der Waals surface area contributed by atoms with E-state index in [1.54, 1.807) is 0 Å². The molecule has 1 aliphatic carbocycles. The molecule has 0 unspecified atom stereocenters. The Morgan fingerprint density at radius 1 is 1.31 bits per heavy atom. The zero-order chi connectivity index (χ0) is 10.0. The van der Waals surface area contributed by atoms with Crippen LogP contribution in [0.25, 0.3) is 0 Å². The third kappa shape index (κ3) is 2.47. The second-order valence-electron chi connectivity index (χ2n) is 3.90. The van der Waals surface area contributed by atoms with Gasteiger partial charge in [0, 0.05) is 19.3 Å². The van der Waals surface area contributed by atoms with Crippen molar-refractivity contribution in [1.82, 2.24) is 0 Å². The molecule has 0 saturated heterocycles. The SMILES string of the molecule is CC(=O)CC1C(=O)CC(C)CC1=O. The molecule has 0 aliphatic heterocycles. The predicted octanol–water partition coefficient (Wildman–Crippen LogP) is 1.15. The van der Waals surface area contributed by atoms with Gasteiger partial charge in [-0.2, -0.15) is 0 Å². The van der Waals surface area contributed by atoms with E-state index in [9.17, 15) is 14.4 Å². The smallest absolute Gasteiger partial charge is 0.144 e. The maximum atomic E-state index is 11.4. The van der Waals surface area contributed by atoms with E-state index in [2.05, 4.69) is 0 Å². The van der Waals surface area contributed by atoms with E-state index in [4.69, 9.17) is 0 Å². The van der Waals surface area contributed by atoms with Crippen LogP contribution in [-0.4, -0.2) is 17.3 Å². The van der Waals surface area contributed by atoms with Gasteiger partial charge in [0.2, 0.25) is 0 Å². The van der Waals surface area contributed by atoms with E-state index in [0.717, 1.165) is 0 Å². The molecular formula is C10H14O3. The van der Waals surface area contributed by atoms with E-state index in [1.165, 1.54) is 6.92 Å². The summed E-state index contributed by atoms with van der Waals surface area (Å²) in [5.41, 5.74) is 0. The predicted molar refractivity (Wildman–Crippen MR) is 47.2 cm³/mol. The summed E-state index contributed by atoms with van der Waals surface area (Å²) in [5.74, 6) is -0.670. The van der Waals surface area contributed by atoms with Crippen molar-refractivity contribution < 1.29 is 14.4 Å². The van der Waals surface area contributed by atoms with Gasteiger partial charge in [0.05, 0.1) is 5.92 Å². The van der Waals surface area contributed by atoms with Crippen molar-refractivity contribution in [2.24, 2.45) is 11.8 Å². The summed E-state index contributed by atoms with van der Waals surface area (Å²) in [6.07, 6.45) is 0.998. The van der Waals surface area contributed by atoms with Crippen molar-refractivity contribution in [3.05, 3.63) is 0 Å². The maximum Gasteiger partial charge on any atom is 0.144 e. The van der Waals surface area contributed by atoms with Gasteiger partial charge in [-0.25, -0.2) is 0 Å². The van der Waals surface area contributed by atoms with Gasteiger partial charge < -0.3 is 0 Å². The molecule has 1 rings (SSSR count). The molecule has 0 aromatic heterocycles. The van der Waals surface area contributed by atoms with Gasteiger partial charge in [0.1, 0.15) is 17.3 Å². The van der Waals surface area contributed by atoms with Gasteiger partial charge in [-0.05, 0) is 12.8 Å². The summed E-state index contributed by atoms with van der Waals surface area (Å²) in [4.78, 5) is 33.5. The number of ketones is 3. The van der Waals surface area contributed by atoms with Crippen LogP contribution in [0.1, 0.15) is 33.1 Å². The number of carbonyl (C=O) groups excluding carboxylic acids is 3. The molecular weight excluding hydrogens is 168 g/mol. The Hall–Kier alpha value is -0.990. The zero-order valence-corrected chi connectivity index (χ0v) is 8.00. The topological polar surface area (TPSA) is 51.2 Å². The minimum absolute atomic E-state index is 0.0565. The highest BCUT2D eigenvalue weighted by Crippen LogP contribution is 2.24. The van der Waals surface area contributed by atoms with Crippen molar-refractivity contribution in [2.45, 2.75) is 33.1 Å². The van der Waals surface area contributed by atoms with Crippen molar-refractivity contribution in [1.29, 1.82) is 0 Å². The third-order valence-electron chi connectivity index (χ3n) is 2.37. The molecule has 0 N–H and O–H groups in total. The zero-order valence-electron chi connectivity index (χ0n) is 8.00. The molecule has 0 aromatic carbocycles. The summed E-state index contributed by atoms with van der Waals surface area (Å²) in [6.45, 7) is 3.30. The first kappa shape index (κ1) is 10.1. The Balaban J connectivity index is 2.67. The van der Waals surface area contributed by atoms with Gasteiger partial charge in [0.15, 0.2) is 0 Å². The molecule has 0 spiro atoms. The second kappa shape index (κ2) is 3.81. The van der Waals surface area contributed by atoms with Crippen LogP contribution >= 0.6 is 0 Å². The standard InChI is InChI=1S/C10H14O3/c1-6-3-9(12)8(5-7(2)11)10(13)4-6/h6,8H,3-5H2,1-2H3. The highest BCUT2D eigenvalue weighted by molar-refractivity contribution is 6.07. The molecule has 0 amide bonds. The molecule has 1 fully saturated rings. The Morgan fingerprint density at radius 3 is 2.15 bits per heavy atom. The van der Waals surface area contributed by atoms with Crippen LogP contribution in [0.4, 0.5) is 0 Å². The summed E-state index contributed by atoms with van der Waals surface area (Å²) < 4.78 is 0. The van der Waals surface area contributed by atoms with Gasteiger partial charge in [-0.15, -0.1) is 0 Å². The van der Waals surface area contributed by atoms with E-state index in [1.807, 2.05) is 6.92 Å². The first-order valence-corrected chi connectivity index (χ1v) is 4.55. The van der Waals surface area contributed by atoms with E-state index in [0.29, 0.717) is 12.8 Å². The van der Waals surface area contributed by atoms with Crippen LogP contribution in [0.3, 0.4) is 0 Å². The Labute approximate surface area is 77.5 Å². The van der Waals surface area contributed by atoms with Crippen LogP contribution in [0.5, 0.6) is 0 Å². The molecule has 3 heteroatoms. The first-order chi connectivity index (χ1) is 6.00. The molecule has 0 radical (unpaired) electrons. The highest BCUT2D eigenvalue weighted by Gasteiger charge is 2.33. The molecule has 1 aliphatic rings. The summed E-state index contributed by atoms with van der Waals surface area (Å²) in [7, 11) is 0. The molecule has 3 nitrogen and oxygen atoms in total. The summed E-state index contributed by atoms with van der Waals surface area (Å²) in [5, 5.41) is 0. The van der Waals surface area contributed by atoms with Gasteiger partial charge in [-0.1, -0.05) is 6.92 Å².